The SMILES string of the molecule is O=C(O)CCCNOC1CCCCO1. The van der Waals surface area contributed by atoms with Crippen molar-refractivity contribution < 1.29 is 19.5 Å². The van der Waals surface area contributed by atoms with Gasteiger partial charge in [-0.05, 0) is 19.3 Å². The number of ether oxygens (including phenoxy) is 1. The molecule has 1 unspecified atom stereocenters. The third-order valence-corrected chi connectivity index (χ3v) is 2.02. The van der Waals surface area contributed by atoms with Gasteiger partial charge in [0, 0.05) is 26.0 Å². The molecule has 1 aliphatic heterocycles. The van der Waals surface area contributed by atoms with Crippen LogP contribution in [0.3, 0.4) is 0 Å². The zero-order chi connectivity index (χ0) is 10.2. The third kappa shape index (κ3) is 5.16. The van der Waals surface area contributed by atoms with Crippen LogP contribution in [0.5, 0.6) is 0 Å². The van der Waals surface area contributed by atoms with Gasteiger partial charge in [-0.2, -0.15) is 5.48 Å². The van der Waals surface area contributed by atoms with Crippen LogP contribution < -0.4 is 5.48 Å². The van der Waals surface area contributed by atoms with Gasteiger partial charge >= 0.3 is 5.97 Å². The van der Waals surface area contributed by atoms with Crippen molar-refractivity contribution in [3.63, 3.8) is 0 Å². The van der Waals surface area contributed by atoms with Gasteiger partial charge in [0.1, 0.15) is 0 Å². The lowest BCUT2D eigenvalue weighted by atomic mass is 10.2. The van der Waals surface area contributed by atoms with E-state index in [9.17, 15) is 4.79 Å². The molecule has 1 rings (SSSR count). The summed E-state index contributed by atoms with van der Waals surface area (Å²) in [5, 5.41) is 8.37. The Labute approximate surface area is 83.3 Å². The van der Waals surface area contributed by atoms with Crippen molar-refractivity contribution in [2.75, 3.05) is 13.2 Å². The molecule has 82 valence electrons. The Hall–Kier alpha value is -0.650. The Morgan fingerprint density at radius 2 is 2.43 bits per heavy atom. The summed E-state index contributed by atoms with van der Waals surface area (Å²) in [6, 6.07) is 0. The largest absolute Gasteiger partial charge is 0.481 e. The molecule has 0 aromatic carbocycles. The molecule has 1 aliphatic rings. The molecule has 14 heavy (non-hydrogen) atoms. The highest BCUT2D eigenvalue weighted by Crippen LogP contribution is 2.12. The van der Waals surface area contributed by atoms with Crippen molar-refractivity contribution >= 4 is 5.97 Å². The van der Waals surface area contributed by atoms with Crippen LogP contribution in [-0.2, 0) is 14.4 Å². The van der Waals surface area contributed by atoms with Crippen LogP contribution in [0.2, 0.25) is 0 Å². The summed E-state index contributed by atoms with van der Waals surface area (Å²) in [6.45, 7) is 1.30. The van der Waals surface area contributed by atoms with Gasteiger partial charge in [0.2, 0.25) is 0 Å². The average molecular weight is 203 g/mol. The Kier molecular flexibility index (Phi) is 5.51. The molecule has 0 spiro atoms. The highest BCUT2D eigenvalue weighted by atomic mass is 16.8. The van der Waals surface area contributed by atoms with Crippen molar-refractivity contribution in [1.82, 2.24) is 5.48 Å². The molecule has 0 aromatic heterocycles. The van der Waals surface area contributed by atoms with Gasteiger partial charge < -0.3 is 9.84 Å². The topological polar surface area (TPSA) is 67.8 Å². The van der Waals surface area contributed by atoms with E-state index < -0.39 is 5.97 Å². The molecule has 0 amide bonds. The first-order valence-corrected chi connectivity index (χ1v) is 5.01. The molecule has 0 saturated carbocycles. The normalized spacial score (nSPS) is 22.1. The minimum atomic E-state index is -0.777. The Morgan fingerprint density at radius 1 is 1.57 bits per heavy atom. The zero-order valence-electron chi connectivity index (χ0n) is 8.20. The smallest absolute Gasteiger partial charge is 0.303 e. The number of rotatable bonds is 6. The minimum Gasteiger partial charge on any atom is -0.481 e. The maximum absolute atomic E-state index is 10.2. The van der Waals surface area contributed by atoms with E-state index in [1.54, 1.807) is 0 Å². The predicted octanol–water partition coefficient (Wildman–Crippen LogP) is 0.899. The van der Waals surface area contributed by atoms with Crippen LogP contribution in [0.4, 0.5) is 0 Å². The molecule has 2 N–H and O–H groups in total. The van der Waals surface area contributed by atoms with Gasteiger partial charge in [-0.1, -0.05) is 0 Å². The molecule has 0 radical (unpaired) electrons. The summed E-state index contributed by atoms with van der Waals surface area (Å²) < 4.78 is 5.30. The van der Waals surface area contributed by atoms with E-state index in [2.05, 4.69) is 5.48 Å². The second-order valence-electron chi connectivity index (χ2n) is 3.31. The zero-order valence-corrected chi connectivity index (χ0v) is 8.20. The quantitative estimate of drug-likeness (QED) is 0.496. The Balaban J connectivity index is 1.90. The summed E-state index contributed by atoms with van der Waals surface area (Å²) in [5.74, 6) is -0.777. The molecule has 1 fully saturated rings. The summed E-state index contributed by atoms with van der Waals surface area (Å²) >= 11 is 0. The molecule has 0 aromatic rings. The van der Waals surface area contributed by atoms with Gasteiger partial charge in [-0.15, -0.1) is 0 Å². The van der Waals surface area contributed by atoms with E-state index in [1.807, 2.05) is 0 Å². The van der Waals surface area contributed by atoms with Crippen molar-refractivity contribution in [3.05, 3.63) is 0 Å². The minimum absolute atomic E-state index is 0.159. The lowest BCUT2D eigenvalue weighted by molar-refractivity contribution is -0.196. The lowest BCUT2D eigenvalue weighted by Gasteiger charge is -2.22. The number of hydroxylamine groups is 1. The van der Waals surface area contributed by atoms with Gasteiger partial charge in [-0.25, -0.2) is 0 Å². The molecule has 1 heterocycles. The fraction of sp³-hybridized carbons (Fsp3) is 0.889. The fourth-order valence-electron chi connectivity index (χ4n) is 1.27. The van der Waals surface area contributed by atoms with Crippen LogP contribution in [0.1, 0.15) is 32.1 Å². The van der Waals surface area contributed by atoms with Crippen LogP contribution in [0.15, 0.2) is 0 Å². The van der Waals surface area contributed by atoms with Crippen LogP contribution in [-0.4, -0.2) is 30.5 Å². The number of hydrogen-bond acceptors (Lipinski definition) is 4. The standard InChI is InChI=1S/C9H17NO4/c11-8(12)4-3-6-10-14-9-5-1-2-7-13-9/h9-10H,1-7H2,(H,11,12). The van der Waals surface area contributed by atoms with Gasteiger partial charge in [-0.3, -0.25) is 9.63 Å². The molecule has 0 bridgehead atoms. The highest BCUT2D eigenvalue weighted by molar-refractivity contribution is 5.66. The van der Waals surface area contributed by atoms with Gasteiger partial charge in [0.05, 0.1) is 0 Å². The maximum Gasteiger partial charge on any atom is 0.303 e. The third-order valence-electron chi connectivity index (χ3n) is 2.02. The second kappa shape index (κ2) is 6.75. The van der Waals surface area contributed by atoms with E-state index in [0.29, 0.717) is 13.0 Å². The van der Waals surface area contributed by atoms with Gasteiger partial charge in [0.25, 0.3) is 0 Å². The van der Waals surface area contributed by atoms with Crippen LogP contribution in [0.25, 0.3) is 0 Å². The van der Waals surface area contributed by atoms with E-state index >= 15 is 0 Å². The van der Waals surface area contributed by atoms with Gasteiger partial charge in [0.15, 0.2) is 6.29 Å². The monoisotopic (exact) mass is 203 g/mol. The molecule has 1 atom stereocenters. The predicted molar refractivity (Wildman–Crippen MR) is 49.5 cm³/mol. The summed E-state index contributed by atoms with van der Waals surface area (Å²) in [7, 11) is 0. The van der Waals surface area contributed by atoms with E-state index in [1.165, 1.54) is 0 Å². The number of carboxylic acid groups (broad SMARTS) is 1. The van der Waals surface area contributed by atoms with Crippen LogP contribution >= 0.6 is 0 Å². The Bertz CT molecular complexity index is 168. The highest BCUT2D eigenvalue weighted by Gasteiger charge is 2.13. The number of nitrogens with one attached hydrogen (secondary N) is 1. The first kappa shape index (κ1) is 11.4. The van der Waals surface area contributed by atoms with Crippen molar-refractivity contribution in [3.8, 4) is 0 Å². The average Bonchev–Trinajstić information content (AvgIpc) is 2.18. The number of carboxylic acids is 1. The molecule has 1 saturated heterocycles. The first-order valence-electron chi connectivity index (χ1n) is 5.01. The van der Waals surface area contributed by atoms with E-state index in [-0.39, 0.29) is 12.7 Å². The molecule has 5 heteroatoms. The summed E-state index contributed by atoms with van der Waals surface area (Å²) in [4.78, 5) is 15.4. The second-order valence-corrected chi connectivity index (χ2v) is 3.31. The summed E-state index contributed by atoms with van der Waals surface area (Å²) in [6.07, 6.45) is 3.71. The van der Waals surface area contributed by atoms with Crippen molar-refractivity contribution in [2.24, 2.45) is 0 Å². The lowest BCUT2D eigenvalue weighted by Crippen LogP contribution is -2.29. The number of aliphatic carboxylic acids is 1. The Morgan fingerprint density at radius 3 is 3.07 bits per heavy atom. The van der Waals surface area contributed by atoms with Crippen molar-refractivity contribution in [1.29, 1.82) is 0 Å². The molecule has 5 nitrogen and oxygen atoms in total. The first-order chi connectivity index (χ1) is 6.79. The number of hydrogen-bond donors (Lipinski definition) is 2. The summed E-state index contributed by atoms with van der Waals surface area (Å²) in [5.41, 5.74) is 2.72. The van der Waals surface area contributed by atoms with Crippen LogP contribution in [0, 0.1) is 0 Å². The maximum atomic E-state index is 10.2. The van der Waals surface area contributed by atoms with Crippen molar-refractivity contribution in [2.45, 2.75) is 38.4 Å². The number of carbonyl (C=O) groups is 1. The molecular weight excluding hydrogens is 186 g/mol. The molecule has 0 aliphatic carbocycles. The fourth-order valence-corrected chi connectivity index (χ4v) is 1.27. The van der Waals surface area contributed by atoms with E-state index in [4.69, 9.17) is 14.7 Å². The molecular formula is C9H17NO4. The van der Waals surface area contributed by atoms with E-state index in [0.717, 1.165) is 25.9 Å².